The van der Waals surface area contributed by atoms with Crippen molar-refractivity contribution in [2.75, 3.05) is 12.4 Å². The SMILES string of the molecule is COc1cc2oc(=O)cc(C)c2cc1CCC(=O)Nc1cccc2[nH]ccc12. The largest absolute Gasteiger partial charge is 0.496 e. The van der Waals surface area contributed by atoms with Crippen LogP contribution in [0, 0.1) is 6.92 Å². The zero-order chi connectivity index (χ0) is 19.7. The molecule has 0 fully saturated rings. The summed E-state index contributed by atoms with van der Waals surface area (Å²) in [5, 5.41) is 4.79. The molecule has 2 aromatic heterocycles. The Morgan fingerprint density at radius 1 is 1.18 bits per heavy atom. The monoisotopic (exact) mass is 376 g/mol. The van der Waals surface area contributed by atoms with E-state index in [1.54, 1.807) is 13.2 Å². The number of aromatic nitrogens is 1. The number of ether oxygens (including phenoxy) is 1. The molecule has 4 aromatic rings. The Labute approximate surface area is 161 Å². The number of methoxy groups -OCH3 is 1. The maximum Gasteiger partial charge on any atom is 0.336 e. The highest BCUT2D eigenvalue weighted by Crippen LogP contribution is 2.28. The van der Waals surface area contributed by atoms with Crippen LogP contribution in [0.4, 0.5) is 5.69 Å². The molecule has 0 aliphatic rings. The second-order valence-corrected chi connectivity index (χ2v) is 6.70. The van der Waals surface area contributed by atoms with Gasteiger partial charge in [0.2, 0.25) is 5.91 Å². The van der Waals surface area contributed by atoms with Crippen LogP contribution in [0.15, 0.2) is 57.9 Å². The highest BCUT2D eigenvalue weighted by Gasteiger charge is 2.12. The van der Waals surface area contributed by atoms with E-state index in [0.717, 1.165) is 33.1 Å². The summed E-state index contributed by atoms with van der Waals surface area (Å²) in [6.45, 7) is 1.86. The number of H-pyrrole nitrogens is 1. The number of carbonyl (C=O) groups excluding carboxylic acids is 1. The molecule has 4 rings (SSSR count). The molecule has 0 spiro atoms. The van der Waals surface area contributed by atoms with Gasteiger partial charge in [-0.15, -0.1) is 0 Å². The third-order valence-electron chi connectivity index (χ3n) is 4.84. The van der Waals surface area contributed by atoms with Gasteiger partial charge in [-0.1, -0.05) is 6.07 Å². The van der Waals surface area contributed by atoms with Gasteiger partial charge in [-0.2, -0.15) is 0 Å². The van der Waals surface area contributed by atoms with Gasteiger partial charge in [-0.3, -0.25) is 4.79 Å². The number of hydrogen-bond donors (Lipinski definition) is 2. The van der Waals surface area contributed by atoms with E-state index in [1.807, 2.05) is 43.5 Å². The van der Waals surface area contributed by atoms with E-state index in [0.29, 0.717) is 24.2 Å². The number of nitrogens with one attached hydrogen (secondary N) is 2. The van der Waals surface area contributed by atoms with Crippen molar-refractivity contribution in [2.24, 2.45) is 0 Å². The summed E-state index contributed by atoms with van der Waals surface area (Å²) >= 11 is 0. The van der Waals surface area contributed by atoms with Crippen LogP contribution in [0.5, 0.6) is 5.75 Å². The molecular formula is C22H20N2O4. The van der Waals surface area contributed by atoms with Gasteiger partial charge in [0, 0.05) is 41.0 Å². The summed E-state index contributed by atoms with van der Waals surface area (Å²) in [6, 6.07) is 12.8. The Kier molecular flexibility index (Phi) is 4.61. The topological polar surface area (TPSA) is 84.3 Å². The number of aromatic amines is 1. The molecule has 6 nitrogen and oxygen atoms in total. The van der Waals surface area contributed by atoms with Crippen LogP contribution in [-0.2, 0) is 11.2 Å². The predicted octanol–water partition coefficient (Wildman–Crippen LogP) is 4.16. The van der Waals surface area contributed by atoms with E-state index in [1.165, 1.54) is 6.07 Å². The molecule has 142 valence electrons. The normalized spacial score (nSPS) is 11.1. The van der Waals surface area contributed by atoms with Crippen molar-refractivity contribution >= 4 is 33.5 Å². The van der Waals surface area contributed by atoms with Crippen LogP contribution < -0.4 is 15.7 Å². The van der Waals surface area contributed by atoms with Gasteiger partial charge in [0.15, 0.2) is 0 Å². The van der Waals surface area contributed by atoms with E-state index >= 15 is 0 Å². The minimum Gasteiger partial charge on any atom is -0.496 e. The van der Waals surface area contributed by atoms with Gasteiger partial charge >= 0.3 is 5.63 Å². The summed E-state index contributed by atoms with van der Waals surface area (Å²) < 4.78 is 10.7. The predicted molar refractivity (Wildman–Crippen MR) is 109 cm³/mol. The molecule has 28 heavy (non-hydrogen) atoms. The molecular weight excluding hydrogens is 356 g/mol. The second kappa shape index (κ2) is 7.23. The molecule has 0 saturated carbocycles. The van der Waals surface area contributed by atoms with Crippen LogP contribution in [0.1, 0.15) is 17.5 Å². The molecule has 0 aliphatic heterocycles. The first-order valence-electron chi connectivity index (χ1n) is 9.02. The van der Waals surface area contributed by atoms with Crippen LogP contribution in [0.3, 0.4) is 0 Å². The minimum absolute atomic E-state index is 0.0767. The molecule has 0 saturated heterocycles. The summed E-state index contributed by atoms with van der Waals surface area (Å²) in [5.74, 6) is 0.522. The summed E-state index contributed by atoms with van der Waals surface area (Å²) in [4.78, 5) is 27.2. The molecule has 1 amide bonds. The maximum absolute atomic E-state index is 12.5. The third-order valence-corrected chi connectivity index (χ3v) is 4.84. The van der Waals surface area contributed by atoms with Crippen LogP contribution in [0.2, 0.25) is 0 Å². The Hall–Kier alpha value is -3.54. The van der Waals surface area contributed by atoms with Crippen LogP contribution >= 0.6 is 0 Å². The molecule has 6 heteroatoms. The molecule has 0 unspecified atom stereocenters. The lowest BCUT2D eigenvalue weighted by atomic mass is 10.0. The Balaban J connectivity index is 1.55. The number of hydrogen-bond acceptors (Lipinski definition) is 4. The molecule has 0 bridgehead atoms. The van der Waals surface area contributed by atoms with Gasteiger partial charge in [0.1, 0.15) is 11.3 Å². The average molecular weight is 376 g/mol. The van der Waals surface area contributed by atoms with Crippen molar-refractivity contribution in [2.45, 2.75) is 19.8 Å². The second-order valence-electron chi connectivity index (χ2n) is 6.70. The lowest BCUT2D eigenvalue weighted by Crippen LogP contribution is -2.12. The number of fused-ring (bicyclic) bond motifs is 2. The van der Waals surface area contributed by atoms with E-state index in [4.69, 9.17) is 9.15 Å². The van der Waals surface area contributed by atoms with Gasteiger partial charge < -0.3 is 19.5 Å². The Bertz CT molecular complexity index is 1240. The van der Waals surface area contributed by atoms with Crippen LogP contribution in [0.25, 0.3) is 21.9 Å². The number of aryl methyl sites for hydroxylation is 2. The quantitative estimate of drug-likeness (QED) is 0.512. The zero-order valence-electron chi connectivity index (χ0n) is 15.7. The lowest BCUT2D eigenvalue weighted by molar-refractivity contribution is -0.116. The Morgan fingerprint density at radius 3 is 2.86 bits per heavy atom. The smallest absolute Gasteiger partial charge is 0.336 e. The fourth-order valence-corrected chi connectivity index (χ4v) is 3.43. The number of benzene rings is 2. The first kappa shape index (κ1) is 17.9. The molecule has 0 atom stereocenters. The number of amides is 1. The molecule has 2 N–H and O–H groups in total. The average Bonchev–Trinajstić information content (AvgIpc) is 3.15. The van der Waals surface area contributed by atoms with E-state index in [9.17, 15) is 9.59 Å². The maximum atomic E-state index is 12.5. The van der Waals surface area contributed by atoms with Gasteiger partial charge in [0.25, 0.3) is 0 Å². The van der Waals surface area contributed by atoms with Gasteiger partial charge in [-0.05, 0) is 48.7 Å². The summed E-state index contributed by atoms with van der Waals surface area (Å²) in [6.07, 6.45) is 2.66. The fraction of sp³-hybridized carbons (Fsp3) is 0.182. The summed E-state index contributed by atoms with van der Waals surface area (Å²) in [5.41, 5.74) is 3.57. The fourth-order valence-electron chi connectivity index (χ4n) is 3.43. The number of rotatable bonds is 5. The zero-order valence-corrected chi connectivity index (χ0v) is 15.7. The number of anilines is 1. The standard InChI is InChI=1S/C22H20N2O4/c1-13-10-22(26)28-20-12-19(27-2)14(11-16(13)20)6-7-21(25)24-18-5-3-4-17-15(18)8-9-23-17/h3-5,8-12,23H,6-7H2,1-2H3,(H,24,25). The van der Waals surface area contributed by atoms with Crippen molar-refractivity contribution in [3.63, 3.8) is 0 Å². The lowest BCUT2D eigenvalue weighted by Gasteiger charge is -2.11. The van der Waals surface area contributed by atoms with Crippen molar-refractivity contribution < 1.29 is 13.9 Å². The molecule has 0 aliphatic carbocycles. The van der Waals surface area contributed by atoms with Gasteiger partial charge in [-0.25, -0.2) is 4.79 Å². The van der Waals surface area contributed by atoms with Crippen molar-refractivity contribution in [1.29, 1.82) is 0 Å². The van der Waals surface area contributed by atoms with Crippen molar-refractivity contribution in [3.05, 3.63) is 70.2 Å². The molecule has 2 aromatic carbocycles. The van der Waals surface area contributed by atoms with Gasteiger partial charge in [0.05, 0.1) is 12.8 Å². The van der Waals surface area contributed by atoms with E-state index in [-0.39, 0.29) is 5.91 Å². The van der Waals surface area contributed by atoms with Crippen molar-refractivity contribution in [3.8, 4) is 5.75 Å². The van der Waals surface area contributed by atoms with E-state index in [2.05, 4.69) is 10.3 Å². The highest BCUT2D eigenvalue weighted by atomic mass is 16.5. The highest BCUT2D eigenvalue weighted by molar-refractivity contribution is 6.01. The van der Waals surface area contributed by atoms with E-state index < -0.39 is 5.63 Å². The van der Waals surface area contributed by atoms with Crippen LogP contribution in [-0.4, -0.2) is 18.0 Å². The number of carbonyl (C=O) groups is 1. The summed E-state index contributed by atoms with van der Waals surface area (Å²) in [7, 11) is 1.56. The minimum atomic E-state index is -0.391. The Morgan fingerprint density at radius 2 is 2.04 bits per heavy atom. The first-order chi connectivity index (χ1) is 13.5. The first-order valence-corrected chi connectivity index (χ1v) is 9.02. The molecule has 0 radical (unpaired) electrons. The third kappa shape index (κ3) is 3.36. The van der Waals surface area contributed by atoms with Crippen molar-refractivity contribution in [1.82, 2.24) is 4.98 Å². The molecule has 2 heterocycles.